The SMILES string of the molecule is Cl.O=C(O)O.[Ca+2].[H-].[H-]. The number of hydrogen-bond acceptors (Lipinski definition) is 1. The molecule has 5 heteroatoms. The molecule has 0 aliphatic carbocycles. The standard InChI is InChI=1S/CH2O3.Ca.ClH.2H/c2-1(3)4;;;;/h(H2,2,3,4);;1H;;/q;+2;;2*-1. The van der Waals surface area contributed by atoms with E-state index < -0.39 is 6.16 Å². The molecule has 0 bridgehead atoms. The summed E-state index contributed by atoms with van der Waals surface area (Å²) < 4.78 is 0. The Morgan fingerprint density at radius 3 is 1.50 bits per heavy atom. The number of carbonyl (C=O) groups is 1. The van der Waals surface area contributed by atoms with Gasteiger partial charge in [0.05, 0.1) is 0 Å². The summed E-state index contributed by atoms with van der Waals surface area (Å²) in [6.45, 7) is 0. The minimum Gasteiger partial charge on any atom is -1.00 e. The van der Waals surface area contributed by atoms with Gasteiger partial charge in [0, 0.05) is 0 Å². The average molecular weight is 141 g/mol. The van der Waals surface area contributed by atoms with Crippen LogP contribution in [0.25, 0.3) is 0 Å². The van der Waals surface area contributed by atoms with E-state index in [0.29, 0.717) is 0 Å². The van der Waals surface area contributed by atoms with Gasteiger partial charge in [-0.15, -0.1) is 12.4 Å². The van der Waals surface area contributed by atoms with Crippen molar-refractivity contribution in [3.63, 3.8) is 0 Å². The van der Waals surface area contributed by atoms with Gasteiger partial charge >= 0.3 is 43.9 Å². The molecule has 0 saturated carbocycles. The Bertz CT molecular complexity index is 40.3. The predicted octanol–water partition coefficient (Wildman–Crippen LogP) is 0.488. The minimum absolute atomic E-state index is 0. The molecule has 0 fully saturated rings. The van der Waals surface area contributed by atoms with Crippen molar-refractivity contribution in [3.05, 3.63) is 0 Å². The molecule has 0 aromatic heterocycles. The van der Waals surface area contributed by atoms with Gasteiger partial charge in [0.2, 0.25) is 0 Å². The molecular weight excluding hydrogens is 136 g/mol. The molecule has 0 unspecified atom stereocenters. The summed E-state index contributed by atoms with van der Waals surface area (Å²) in [6.07, 6.45) is -1.83. The Kier molecular flexibility index (Phi) is 24.4. The normalized spacial score (nSPS) is 4.00. The van der Waals surface area contributed by atoms with E-state index in [2.05, 4.69) is 0 Å². The van der Waals surface area contributed by atoms with E-state index in [0.717, 1.165) is 0 Å². The summed E-state index contributed by atoms with van der Waals surface area (Å²) in [5.41, 5.74) is 0. The largest absolute Gasteiger partial charge is 2.00 e. The van der Waals surface area contributed by atoms with Gasteiger partial charge in [0.1, 0.15) is 0 Å². The van der Waals surface area contributed by atoms with Gasteiger partial charge in [-0.25, -0.2) is 4.79 Å². The first-order chi connectivity index (χ1) is 1.73. The maximum atomic E-state index is 8.56. The van der Waals surface area contributed by atoms with Gasteiger partial charge in [0.25, 0.3) is 0 Å². The van der Waals surface area contributed by atoms with E-state index in [9.17, 15) is 0 Å². The van der Waals surface area contributed by atoms with Crippen LogP contribution in [0, 0.1) is 0 Å². The van der Waals surface area contributed by atoms with Crippen LogP contribution in [0.15, 0.2) is 0 Å². The quantitative estimate of drug-likeness (QED) is 0.482. The van der Waals surface area contributed by atoms with Crippen LogP contribution in [0.1, 0.15) is 2.85 Å². The van der Waals surface area contributed by atoms with Crippen molar-refractivity contribution in [1.29, 1.82) is 0 Å². The van der Waals surface area contributed by atoms with Gasteiger partial charge in [-0.1, -0.05) is 0 Å². The minimum atomic E-state index is -1.83. The summed E-state index contributed by atoms with van der Waals surface area (Å²) in [7, 11) is 0. The van der Waals surface area contributed by atoms with Crippen LogP contribution in [0.5, 0.6) is 0 Å². The number of carboxylic acid groups (broad SMARTS) is 2. The Balaban J connectivity index is -0.00000000750. The summed E-state index contributed by atoms with van der Waals surface area (Å²) in [6, 6.07) is 0. The zero-order valence-corrected chi connectivity index (χ0v) is 5.94. The van der Waals surface area contributed by atoms with E-state index in [4.69, 9.17) is 15.0 Å². The molecule has 0 aliphatic rings. The Labute approximate surface area is 73.7 Å². The fourth-order valence-electron chi connectivity index (χ4n) is 0. The number of halogens is 1. The molecule has 0 atom stereocenters. The molecule has 3 nitrogen and oxygen atoms in total. The molecule has 36 valence electrons. The fraction of sp³-hybridized carbons (Fsp3) is 0. The molecule has 0 aromatic carbocycles. The zero-order valence-electron chi connectivity index (χ0n) is 4.92. The Hall–Kier alpha value is 0.820. The van der Waals surface area contributed by atoms with Crippen LogP contribution in [0.3, 0.4) is 0 Å². The smallest absolute Gasteiger partial charge is 1.00 e. The monoisotopic (exact) mass is 140 g/mol. The van der Waals surface area contributed by atoms with Crippen LogP contribution in [0.4, 0.5) is 4.79 Å². The second kappa shape index (κ2) is 9.27. The van der Waals surface area contributed by atoms with Crippen molar-refractivity contribution in [1.82, 2.24) is 0 Å². The molecule has 0 saturated heterocycles. The summed E-state index contributed by atoms with van der Waals surface area (Å²) >= 11 is 0. The van der Waals surface area contributed by atoms with Crippen molar-refractivity contribution in [2.45, 2.75) is 0 Å². The van der Waals surface area contributed by atoms with E-state index in [1.165, 1.54) is 0 Å². The molecule has 0 amide bonds. The van der Waals surface area contributed by atoms with Gasteiger partial charge in [-0.05, 0) is 0 Å². The zero-order chi connectivity index (χ0) is 3.58. The molecule has 0 aliphatic heterocycles. The van der Waals surface area contributed by atoms with Crippen LogP contribution in [0.2, 0.25) is 0 Å². The fourth-order valence-corrected chi connectivity index (χ4v) is 0. The van der Waals surface area contributed by atoms with Gasteiger partial charge in [0.15, 0.2) is 0 Å². The molecule has 6 heavy (non-hydrogen) atoms. The number of hydrogen-bond donors (Lipinski definition) is 2. The third-order valence-electron chi connectivity index (χ3n) is 0. The topological polar surface area (TPSA) is 57.5 Å². The average Bonchev–Trinajstić information content (AvgIpc) is 0.811. The van der Waals surface area contributed by atoms with E-state index in [1.54, 1.807) is 0 Å². The summed E-state index contributed by atoms with van der Waals surface area (Å²) in [5, 5.41) is 13.9. The van der Waals surface area contributed by atoms with E-state index in [-0.39, 0.29) is 53.0 Å². The van der Waals surface area contributed by atoms with Crippen molar-refractivity contribution >= 4 is 56.3 Å². The van der Waals surface area contributed by atoms with Gasteiger partial charge in [-0.2, -0.15) is 0 Å². The molecule has 0 radical (unpaired) electrons. The second-order valence-corrected chi connectivity index (χ2v) is 0.283. The van der Waals surface area contributed by atoms with Crippen LogP contribution >= 0.6 is 12.4 Å². The molecule has 0 aromatic rings. The first kappa shape index (κ1) is 15.8. The molecule has 0 spiro atoms. The summed E-state index contributed by atoms with van der Waals surface area (Å²) in [4.78, 5) is 8.56. The molecule has 0 heterocycles. The summed E-state index contributed by atoms with van der Waals surface area (Å²) in [5.74, 6) is 0. The maximum Gasteiger partial charge on any atom is 2.00 e. The van der Waals surface area contributed by atoms with Gasteiger partial charge < -0.3 is 13.1 Å². The van der Waals surface area contributed by atoms with Crippen molar-refractivity contribution in [3.8, 4) is 0 Å². The molecule has 2 N–H and O–H groups in total. The van der Waals surface area contributed by atoms with Crippen molar-refractivity contribution in [2.75, 3.05) is 0 Å². The van der Waals surface area contributed by atoms with Crippen molar-refractivity contribution < 1.29 is 17.9 Å². The molecule has 0 rings (SSSR count). The third-order valence-corrected chi connectivity index (χ3v) is 0. The maximum absolute atomic E-state index is 8.56. The van der Waals surface area contributed by atoms with E-state index in [1.807, 2.05) is 0 Å². The third kappa shape index (κ3) is 105. The Morgan fingerprint density at radius 2 is 1.50 bits per heavy atom. The van der Waals surface area contributed by atoms with Crippen LogP contribution in [-0.4, -0.2) is 54.1 Å². The first-order valence-corrected chi connectivity index (χ1v) is 0.651. The Morgan fingerprint density at radius 1 is 1.50 bits per heavy atom. The van der Waals surface area contributed by atoms with Crippen LogP contribution in [-0.2, 0) is 0 Å². The van der Waals surface area contributed by atoms with E-state index >= 15 is 0 Å². The number of rotatable bonds is 0. The van der Waals surface area contributed by atoms with Gasteiger partial charge in [-0.3, -0.25) is 0 Å². The molecular formula is CH5CaClO3. The second-order valence-electron chi connectivity index (χ2n) is 0.283. The first-order valence-electron chi connectivity index (χ1n) is 0.651. The van der Waals surface area contributed by atoms with Crippen molar-refractivity contribution in [2.24, 2.45) is 0 Å². The predicted molar refractivity (Wildman–Crippen MR) is 25.9 cm³/mol. The van der Waals surface area contributed by atoms with Crippen LogP contribution < -0.4 is 0 Å².